The summed E-state index contributed by atoms with van der Waals surface area (Å²) in [5.41, 5.74) is 2.57. The normalized spacial score (nSPS) is 8.72. The van der Waals surface area contributed by atoms with Gasteiger partial charge < -0.3 is 5.32 Å². The molecule has 2 heterocycles. The number of anilines is 1. The van der Waals surface area contributed by atoms with Gasteiger partial charge in [0.05, 0.1) is 17.3 Å². The summed E-state index contributed by atoms with van der Waals surface area (Å²) in [4.78, 5) is 12.2. The van der Waals surface area contributed by atoms with E-state index in [1.54, 1.807) is 41.2 Å². The van der Waals surface area contributed by atoms with E-state index in [0.29, 0.717) is 16.7 Å². The number of nitrogens with zero attached hydrogens (tertiary/aromatic N) is 2. The van der Waals surface area contributed by atoms with Gasteiger partial charge in [-0.3, -0.25) is 4.79 Å². The maximum atomic E-state index is 12.2. The molecule has 134 valence electrons. The zero-order valence-corrected chi connectivity index (χ0v) is 16.1. The van der Waals surface area contributed by atoms with Gasteiger partial charge in [0.2, 0.25) is 0 Å². The Bertz CT molecular complexity index is 759. The van der Waals surface area contributed by atoms with Crippen LogP contribution in [0.1, 0.15) is 53.3 Å². The van der Waals surface area contributed by atoms with Gasteiger partial charge in [0.15, 0.2) is 0 Å². The standard InChI is InChI=1S/C14H10BN3O.3C2H6.H2/c15-10-4-3-5-11(8-10)17-14(19)12-9-16-18-7-2-1-6-13(12)18;3*1-2;/h1-9H,(H,17,19);3*1-2H3;1H. The van der Waals surface area contributed by atoms with Crippen LogP contribution < -0.4 is 10.8 Å². The van der Waals surface area contributed by atoms with Crippen LogP contribution in [0.15, 0.2) is 54.9 Å². The fraction of sp³-hybridized carbons (Fsp3) is 0.300. The second-order valence-electron chi connectivity index (χ2n) is 4.17. The summed E-state index contributed by atoms with van der Waals surface area (Å²) < 4.78 is 1.66. The van der Waals surface area contributed by atoms with Gasteiger partial charge in [-0.1, -0.05) is 65.2 Å². The van der Waals surface area contributed by atoms with Gasteiger partial charge in [-0.05, 0) is 24.3 Å². The largest absolute Gasteiger partial charge is 0.322 e. The number of hydrogen-bond acceptors (Lipinski definition) is 2. The van der Waals surface area contributed by atoms with E-state index >= 15 is 0 Å². The number of benzene rings is 1. The molecule has 0 fully saturated rings. The molecule has 3 rings (SSSR count). The molecular formula is C20H30BN3O. The first-order chi connectivity index (χ1) is 12.2. The van der Waals surface area contributed by atoms with Crippen LogP contribution in [0.2, 0.25) is 0 Å². The number of hydrogen-bond donors (Lipinski definition) is 1. The molecule has 0 unspecified atom stereocenters. The Balaban J connectivity index is 0. The predicted octanol–water partition coefficient (Wildman–Crippen LogP) is 4.71. The topological polar surface area (TPSA) is 46.4 Å². The highest BCUT2D eigenvalue weighted by Gasteiger charge is 2.12. The molecule has 1 aromatic carbocycles. The Kier molecular flexibility index (Phi) is 11.5. The molecule has 0 spiro atoms. The molecule has 4 nitrogen and oxygen atoms in total. The van der Waals surface area contributed by atoms with Gasteiger partial charge in [0.1, 0.15) is 7.85 Å². The maximum absolute atomic E-state index is 12.2. The molecule has 0 bridgehead atoms. The van der Waals surface area contributed by atoms with Crippen LogP contribution >= 0.6 is 0 Å². The SMILES string of the molecule is CC.CC.CC.[B]c1cccc(NC(=O)c2cnn3ccccc23)c1.[HH]. The van der Waals surface area contributed by atoms with E-state index in [1.807, 2.05) is 59.7 Å². The summed E-state index contributed by atoms with van der Waals surface area (Å²) in [7, 11) is 5.68. The summed E-state index contributed by atoms with van der Waals surface area (Å²) in [5, 5.41) is 6.94. The Hall–Kier alpha value is -2.56. The molecule has 0 saturated carbocycles. The van der Waals surface area contributed by atoms with Gasteiger partial charge in [0.25, 0.3) is 5.91 Å². The molecule has 0 atom stereocenters. The monoisotopic (exact) mass is 339 g/mol. The third-order valence-corrected chi connectivity index (χ3v) is 2.82. The second-order valence-corrected chi connectivity index (χ2v) is 4.17. The van der Waals surface area contributed by atoms with Crippen LogP contribution in [0.25, 0.3) is 5.52 Å². The summed E-state index contributed by atoms with van der Waals surface area (Å²) in [6.07, 6.45) is 3.35. The van der Waals surface area contributed by atoms with E-state index in [9.17, 15) is 4.79 Å². The lowest BCUT2D eigenvalue weighted by Gasteiger charge is -2.05. The average molecular weight is 339 g/mol. The fourth-order valence-electron chi connectivity index (χ4n) is 1.92. The summed E-state index contributed by atoms with van der Waals surface area (Å²) in [6.45, 7) is 12.0. The highest BCUT2D eigenvalue weighted by atomic mass is 16.1. The van der Waals surface area contributed by atoms with Crippen LogP contribution in [0.4, 0.5) is 5.69 Å². The number of pyridine rings is 1. The molecule has 0 aliphatic heterocycles. The third kappa shape index (κ3) is 6.45. The highest BCUT2D eigenvalue weighted by molar-refractivity contribution is 6.32. The first kappa shape index (κ1) is 22.4. The number of nitrogens with one attached hydrogen (secondary N) is 1. The zero-order chi connectivity index (χ0) is 19.2. The van der Waals surface area contributed by atoms with Crippen molar-refractivity contribution in [2.75, 3.05) is 5.32 Å². The van der Waals surface area contributed by atoms with Gasteiger partial charge in [0, 0.05) is 13.3 Å². The lowest BCUT2D eigenvalue weighted by Crippen LogP contribution is -2.13. The Morgan fingerprint density at radius 1 is 1.04 bits per heavy atom. The van der Waals surface area contributed by atoms with E-state index in [4.69, 9.17) is 7.85 Å². The first-order valence-corrected chi connectivity index (χ1v) is 8.83. The molecular weight excluding hydrogens is 309 g/mol. The van der Waals surface area contributed by atoms with Gasteiger partial charge in [-0.15, -0.1) is 0 Å². The Labute approximate surface area is 154 Å². The van der Waals surface area contributed by atoms with Gasteiger partial charge in [-0.25, -0.2) is 4.52 Å². The zero-order valence-electron chi connectivity index (χ0n) is 16.1. The number of carbonyl (C=O) groups is 1. The van der Waals surface area contributed by atoms with Crippen molar-refractivity contribution in [3.63, 3.8) is 0 Å². The van der Waals surface area contributed by atoms with Crippen molar-refractivity contribution in [2.24, 2.45) is 0 Å². The van der Waals surface area contributed by atoms with E-state index in [0.717, 1.165) is 5.52 Å². The van der Waals surface area contributed by atoms with Crippen LogP contribution in [0.3, 0.4) is 0 Å². The van der Waals surface area contributed by atoms with Crippen molar-refractivity contribution in [1.29, 1.82) is 0 Å². The van der Waals surface area contributed by atoms with Crippen LogP contribution in [-0.2, 0) is 0 Å². The lowest BCUT2D eigenvalue weighted by atomic mass is 9.96. The van der Waals surface area contributed by atoms with E-state index < -0.39 is 0 Å². The second kappa shape index (κ2) is 12.8. The number of amides is 1. The summed E-state index contributed by atoms with van der Waals surface area (Å²) >= 11 is 0. The Morgan fingerprint density at radius 3 is 2.36 bits per heavy atom. The minimum absolute atomic E-state index is 0. The fourth-order valence-corrected chi connectivity index (χ4v) is 1.92. The van der Waals surface area contributed by atoms with Crippen molar-refractivity contribution < 1.29 is 6.22 Å². The molecule has 5 heteroatoms. The van der Waals surface area contributed by atoms with E-state index in [-0.39, 0.29) is 7.33 Å². The molecule has 0 saturated heterocycles. The third-order valence-electron chi connectivity index (χ3n) is 2.82. The maximum Gasteiger partial charge on any atom is 0.259 e. The predicted molar refractivity (Wildman–Crippen MR) is 111 cm³/mol. The van der Waals surface area contributed by atoms with Crippen LogP contribution in [0, 0.1) is 0 Å². The van der Waals surface area contributed by atoms with E-state index in [2.05, 4.69) is 10.4 Å². The van der Waals surface area contributed by atoms with Crippen molar-refractivity contribution in [1.82, 2.24) is 9.61 Å². The molecule has 1 N–H and O–H groups in total. The summed E-state index contributed by atoms with van der Waals surface area (Å²) in [5.74, 6) is -0.202. The van der Waals surface area contributed by atoms with Crippen LogP contribution in [-0.4, -0.2) is 23.4 Å². The minimum atomic E-state index is -0.202. The first-order valence-electron chi connectivity index (χ1n) is 8.83. The van der Waals surface area contributed by atoms with Crippen molar-refractivity contribution >= 4 is 30.4 Å². The van der Waals surface area contributed by atoms with Gasteiger partial charge >= 0.3 is 0 Å². The molecule has 2 radical (unpaired) electrons. The number of carbonyl (C=O) groups excluding carboxylic acids is 1. The lowest BCUT2D eigenvalue weighted by molar-refractivity contribution is 0.102. The molecule has 2 aromatic heterocycles. The van der Waals surface area contributed by atoms with Crippen molar-refractivity contribution in [3.8, 4) is 0 Å². The smallest absolute Gasteiger partial charge is 0.259 e. The molecule has 0 aliphatic carbocycles. The highest BCUT2D eigenvalue weighted by Crippen LogP contribution is 2.12. The van der Waals surface area contributed by atoms with E-state index in [1.165, 1.54) is 0 Å². The minimum Gasteiger partial charge on any atom is -0.322 e. The van der Waals surface area contributed by atoms with Crippen molar-refractivity contribution in [2.45, 2.75) is 41.5 Å². The summed E-state index contributed by atoms with van der Waals surface area (Å²) in [6, 6.07) is 12.6. The van der Waals surface area contributed by atoms with Crippen LogP contribution in [0.5, 0.6) is 0 Å². The number of aromatic nitrogens is 2. The quantitative estimate of drug-likeness (QED) is 0.688. The van der Waals surface area contributed by atoms with Gasteiger partial charge in [-0.2, -0.15) is 5.10 Å². The molecule has 3 aromatic rings. The number of rotatable bonds is 2. The molecule has 1 amide bonds. The molecule has 0 aliphatic rings. The average Bonchev–Trinajstić information content (AvgIpc) is 3.11. The van der Waals surface area contributed by atoms with Crippen molar-refractivity contribution in [3.05, 3.63) is 60.4 Å². The number of fused-ring (bicyclic) bond motifs is 1. The molecule has 25 heavy (non-hydrogen) atoms. The Morgan fingerprint density at radius 2 is 1.72 bits per heavy atom.